The Morgan fingerprint density at radius 3 is 2.84 bits per heavy atom. The summed E-state index contributed by atoms with van der Waals surface area (Å²) in [4.78, 5) is 15.0. The standard InChI is InChI=1S/C12H12F2N2O2S/c1-3-18-12(17)9-8(15)7-5(2)4-6(10(13)14)16-11(7)19-9/h4,10H,3,15H2,1-2H3/p+1. The number of halogens is 2. The average molecular weight is 287 g/mol. The van der Waals surface area contributed by atoms with Gasteiger partial charge in [-0.05, 0) is 19.4 Å². The van der Waals surface area contributed by atoms with Gasteiger partial charge in [-0.3, -0.25) is 0 Å². The van der Waals surface area contributed by atoms with Gasteiger partial charge in [0.2, 0.25) is 5.69 Å². The Hall–Kier alpha value is -1.76. The number of esters is 1. The summed E-state index contributed by atoms with van der Waals surface area (Å²) in [6.07, 6.45) is -2.60. The van der Waals surface area contributed by atoms with Crippen LogP contribution in [0.5, 0.6) is 0 Å². The minimum Gasteiger partial charge on any atom is -0.462 e. The molecule has 2 rings (SSSR count). The minimum atomic E-state index is -2.60. The maximum absolute atomic E-state index is 12.7. The Kier molecular flexibility index (Phi) is 3.66. The number of aryl methyl sites for hydroxylation is 1. The Bertz CT molecular complexity index is 640. The molecule has 2 aromatic rings. The first kappa shape index (κ1) is 13.7. The van der Waals surface area contributed by atoms with Gasteiger partial charge in [-0.25, -0.2) is 4.79 Å². The number of pyridine rings is 1. The molecule has 3 N–H and O–H groups in total. The van der Waals surface area contributed by atoms with E-state index in [4.69, 9.17) is 10.5 Å². The third kappa shape index (κ3) is 2.37. The first-order valence-corrected chi connectivity index (χ1v) is 6.47. The second-order valence-corrected chi connectivity index (χ2v) is 5.00. The van der Waals surface area contributed by atoms with Gasteiger partial charge < -0.3 is 10.5 Å². The number of hydrogen-bond donors (Lipinski definition) is 1. The van der Waals surface area contributed by atoms with Crippen LogP contribution in [0.15, 0.2) is 6.07 Å². The third-order valence-corrected chi connectivity index (χ3v) is 3.77. The number of thiophene rings is 1. The molecule has 0 aliphatic carbocycles. The van der Waals surface area contributed by atoms with Crippen molar-refractivity contribution in [3.05, 3.63) is 22.2 Å². The zero-order valence-electron chi connectivity index (χ0n) is 10.4. The molecule has 2 aromatic heterocycles. The van der Waals surface area contributed by atoms with E-state index in [1.165, 1.54) is 6.07 Å². The summed E-state index contributed by atoms with van der Waals surface area (Å²) in [5.74, 6) is -0.535. The van der Waals surface area contributed by atoms with Gasteiger partial charge >= 0.3 is 12.4 Å². The van der Waals surface area contributed by atoms with Crippen molar-refractivity contribution in [3.8, 4) is 0 Å². The molecule has 0 atom stereocenters. The number of rotatable bonds is 3. The topological polar surface area (TPSA) is 66.5 Å². The van der Waals surface area contributed by atoms with E-state index in [0.29, 0.717) is 15.8 Å². The van der Waals surface area contributed by atoms with Crippen LogP contribution in [0.1, 0.15) is 34.3 Å². The van der Waals surface area contributed by atoms with Crippen LogP contribution in [-0.4, -0.2) is 12.6 Å². The SMILES string of the molecule is CCOC(=O)c1sc2[nH+]c(C(F)F)cc(C)c2c1N. The van der Waals surface area contributed by atoms with E-state index in [2.05, 4.69) is 4.98 Å². The van der Waals surface area contributed by atoms with Crippen LogP contribution in [0.3, 0.4) is 0 Å². The zero-order valence-corrected chi connectivity index (χ0v) is 11.2. The third-order valence-electron chi connectivity index (χ3n) is 2.67. The normalized spacial score (nSPS) is 11.2. The second-order valence-electron chi connectivity index (χ2n) is 3.98. The first-order valence-electron chi connectivity index (χ1n) is 5.65. The highest BCUT2D eigenvalue weighted by atomic mass is 32.1. The summed E-state index contributed by atoms with van der Waals surface area (Å²) in [6, 6.07) is 1.34. The van der Waals surface area contributed by atoms with E-state index in [0.717, 1.165) is 11.3 Å². The van der Waals surface area contributed by atoms with Crippen LogP contribution >= 0.6 is 11.3 Å². The molecule has 0 saturated carbocycles. The summed E-state index contributed by atoms with van der Waals surface area (Å²) in [7, 11) is 0. The Morgan fingerprint density at radius 2 is 2.26 bits per heavy atom. The number of H-pyrrole nitrogens is 1. The fraction of sp³-hybridized carbons (Fsp3) is 0.333. The molecular weight excluding hydrogens is 274 g/mol. The van der Waals surface area contributed by atoms with Crippen molar-refractivity contribution in [2.24, 2.45) is 0 Å². The lowest BCUT2D eigenvalue weighted by atomic mass is 10.1. The molecule has 0 bridgehead atoms. The van der Waals surface area contributed by atoms with E-state index >= 15 is 0 Å². The van der Waals surface area contributed by atoms with Crippen LogP contribution in [0.25, 0.3) is 10.2 Å². The van der Waals surface area contributed by atoms with Gasteiger partial charge in [-0.2, -0.15) is 13.8 Å². The number of nitrogens with two attached hydrogens (primary N) is 1. The number of nitrogens with one attached hydrogen (secondary N) is 1. The summed E-state index contributed by atoms with van der Waals surface area (Å²) in [5, 5.41) is 0.595. The average Bonchev–Trinajstić information content (AvgIpc) is 2.67. The van der Waals surface area contributed by atoms with E-state index in [9.17, 15) is 13.6 Å². The number of anilines is 1. The molecule has 0 aliphatic rings. The number of carbonyl (C=O) groups is 1. The van der Waals surface area contributed by atoms with Crippen molar-refractivity contribution in [2.45, 2.75) is 20.3 Å². The fourth-order valence-corrected chi connectivity index (χ4v) is 2.96. The molecule has 0 saturated heterocycles. The Labute approximate surface area is 112 Å². The van der Waals surface area contributed by atoms with E-state index < -0.39 is 12.4 Å². The van der Waals surface area contributed by atoms with Crippen molar-refractivity contribution in [3.63, 3.8) is 0 Å². The molecule has 0 spiro atoms. The molecule has 0 radical (unpaired) electrons. The maximum atomic E-state index is 12.7. The van der Waals surface area contributed by atoms with Gasteiger partial charge in [0.25, 0.3) is 4.83 Å². The number of fused-ring (bicyclic) bond motifs is 1. The lowest BCUT2D eigenvalue weighted by Crippen LogP contribution is -2.12. The van der Waals surface area contributed by atoms with E-state index in [1.54, 1.807) is 13.8 Å². The van der Waals surface area contributed by atoms with E-state index in [-0.39, 0.29) is 22.9 Å². The van der Waals surface area contributed by atoms with Crippen LogP contribution in [0.4, 0.5) is 14.5 Å². The molecule has 0 amide bonds. The summed E-state index contributed by atoms with van der Waals surface area (Å²) in [5.41, 5.74) is 6.58. The molecule has 0 aliphatic heterocycles. The summed E-state index contributed by atoms with van der Waals surface area (Å²) >= 11 is 1.03. The van der Waals surface area contributed by atoms with E-state index in [1.807, 2.05) is 0 Å². The van der Waals surface area contributed by atoms with Crippen LogP contribution in [0, 0.1) is 6.92 Å². The van der Waals surface area contributed by atoms with Crippen molar-refractivity contribution < 1.29 is 23.3 Å². The highest BCUT2D eigenvalue weighted by molar-refractivity contribution is 7.20. The van der Waals surface area contributed by atoms with Crippen molar-refractivity contribution >= 4 is 33.2 Å². The lowest BCUT2D eigenvalue weighted by Gasteiger charge is -1.99. The van der Waals surface area contributed by atoms with Crippen LogP contribution in [-0.2, 0) is 4.74 Å². The second kappa shape index (κ2) is 5.08. The number of ether oxygens (including phenoxy) is 1. The zero-order chi connectivity index (χ0) is 14.2. The summed E-state index contributed by atoms with van der Waals surface area (Å²) in [6.45, 7) is 3.60. The first-order chi connectivity index (χ1) is 8.95. The molecule has 19 heavy (non-hydrogen) atoms. The molecule has 7 heteroatoms. The Balaban J connectivity index is 2.62. The maximum Gasteiger partial charge on any atom is 0.350 e. The van der Waals surface area contributed by atoms with Crippen molar-refractivity contribution in [1.29, 1.82) is 0 Å². The van der Waals surface area contributed by atoms with Gasteiger partial charge in [-0.15, -0.1) is 0 Å². The highest BCUT2D eigenvalue weighted by Gasteiger charge is 2.25. The molecule has 2 heterocycles. The van der Waals surface area contributed by atoms with Gasteiger partial charge in [0, 0.05) is 6.07 Å². The molecule has 4 nitrogen and oxygen atoms in total. The minimum absolute atomic E-state index is 0.193. The highest BCUT2D eigenvalue weighted by Crippen LogP contribution is 2.34. The molecule has 0 aromatic carbocycles. The smallest absolute Gasteiger partial charge is 0.350 e. The van der Waals surface area contributed by atoms with Gasteiger partial charge in [0.05, 0.1) is 17.7 Å². The monoisotopic (exact) mass is 287 g/mol. The largest absolute Gasteiger partial charge is 0.462 e. The molecule has 0 fully saturated rings. The summed E-state index contributed by atoms with van der Waals surface area (Å²) < 4.78 is 30.3. The number of hydrogen-bond acceptors (Lipinski definition) is 4. The van der Waals surface area contributed by atoms with Gasteiger partial charge in [-0.1, -0.05) is 11.3 Å². The predicted molar refractivity (Wildman–Crippen MR) is 68.4 cm³/mol. The molecule has 0 unspecified atom stereocenters. The number of aromatic nitrogens is 1. The lowest BCUT2D eigenvalue weighted by molar-refractivity contribution is -0.368. The van der Waals surface area contributed by atoms with Crippen LogP contribution in [0.2, 0.25) is 0 Å². The molecular formula is C12H13F2N2O2S+. The van der Waals surface area contributed by atoms with Crippen LogP contribution < -0.4 is 10.7 Å². The van der Waals surface area contributed by atoms with Gasteiger partial charge in [0.15, 0.2) is 0 Å². The number of alkyl halides is 2. The van der Waals surface area contributed by atoms with Crippen molar-refractivity contribution in [1.82, 2.24) is 0 Å². The number of nitrogen functional groups attached to an aromatic ring is 1. The fourth-order valence-electron chi connectivity index (χ4n) is 1.86. The predicted octanol–water partition coefficient (Wildman–Crippen LogP) is 2.72. The molecule has 102 valence electrons. The quantitative estimate of drug-likeness (QED) is 0.883. The van der Waals surface area contributed by atoms with Gasteiger partial charge in [0.1, 0.15) is 4.88 Å². The number of carbonyl (C=O) groups excluding carboxylic acids is 1. The number of aromatic amines is 1. The Morgan fingerprint density at radius 1 is 1.58 bits per heavy atom. The van der Waals surface area contributed by atoms with Crippen molar-refractivity contribution in [2.75, 3.05) is 12.3 Å².